The molecule has 12 nitrogen and oxygen atoms in total. The lowest BCUT2D eigenvalue weighted by Crippen LogP contribution is -2.60. The number of aliphatic hydroxyl groups excluding tert-OH is 4. The number of aliphatic hydroxyl groups is 4. The van der Waals surface area contributed by atoms with Gasteiger partial charge < -0.3 is 54.0 Å². The van der Waals surface area contributed by atoms with Crippen LogP contribution in [0.2, 0.25) is 0 Å². The molecule has 5 atom stereocenters. The van der Waals surface area contributed by atoms with Gasteiger partial charge in [0.15, 0.2) is 17.3 Å². The molecule has 0 saturated carbocycles. The lowest BCUT2D eigenvalue weighted by molar-refractivity contribution is -0.277. The number of rotatable bonds is 6. The van der Waals surface area contributed by atoms with Crippen LogP contribution in [0.5, 0.6) is 28.7 Å². The summed E-state index contributed by atoms with van der Waals surface area (Å²) in [6.07, 6.45) is -7.65. The summed E-state index contributed by atoms with van der Waals surface area (Å²) in [6, 6.07) is 6.56. The van der Waals surface area contributed by atoms with Gasteiger partial charge in [-0.2, -0.15) is 0 Å². The van der Waals surface area contributed by atoms with Crippen molar-refractivity contribution in [3.05, 3.63) is 40.6 Å². The maximum Gasteiger partial charge on any atom is 0.239 e. The average Bonchev–Trinajstić information content (AvgIpc) is 2.84. The van der Waals surface area contributed by atoms with Crippen molar-refractivity contribution in [1.29, 1.82) is 0 Å². The molecule has 3 aromatic rings. The normalized spacial score (nSPS) is 24.3. The van der Waals surface area contributed by atoms with Crippen LogP contribution in [0.25, 0.3) is 22.3 Å². The van der Waals surface area contributed by atoms with E-state index >= 15 is 0 Å². The Morgan fingerprint density at radius 1 is 0.943 bits per heavy atom. The number of aromatic hydroxyl groups is 2. The number of ether oxygens (including phenoxy) is 4. The largest absolute Gasteiger partial charge is 0.507 e. The van der Waals surface area contributed by atoms with Crippen molar-refractivity contribution >= 4 is 11.0 Å². The number of hydrogen-bond donors (Lipinski definition) is 6. The Balaban J connectivity index is 1.80. The Hall–Kier alpha value is -3.55. The van der Waals surface area contributed by atoms with E-state index in [4.69, 9.17) is 23.4 Å². The van der Waals surface area contributed by atoms with Gasteiger partial charge in [-0.3, -0.25) is 4.79 Å². The lowest BCUT2D eigenvalue weighted by Gasteiger charge is -2.39. The molecule has 12 heteroatoms. The molecule has 1 aliphatic rings. The van der Waals surface area contributed by atoms with Gasteiger partial charge in [-0.15, -0.1) is 0 Å². The Labute approximate surface area is 197 Å². The van der Waals surface area contributed by atoms with Gasteiger partial charge in [0, 0.05) is 17.7 Å². The first-order valence-electron chi connectivity index (χ1n) is 10.4. The van der Waals surface area contributed by atoms with Crippen LogP contribution in [-0.4, -0.2) is 82.2 Å². The molecule has 6 N–H and O–H groups in total. The third kappa shape index (κ3) is 4.33. The molecule has 188 valence electrons. The Morgan fingerprint density at radius 3 is 2.34 bits per heavy atom. The van der Waals surface area contributed by atoms with Crippen LogP contribution in [-0.2, 0) is 4.74 Å². The van der Waals surface area contributed by atoms with E-state index in [0.717, 1.165) is 6.07 Å². The van der Waals surface area contributed by atoms with E-state index in [2.05, 4.69) is 0 Å². The SMILES string of the molecule is COc1cc(-c2oc3cc(O[C@@H]4O[C@H](CO)[C@@H](O)[C@H](O)[C@H]4O)cc(O)c3c(=O)c2OC)ccc1O. The van der Waals surface area contributed by atoms with E-state index < -0.39 is 48.5 Å². The molecule has 0 spiro atoms. The zero-order chi connectivity index (χ0) is 25.4. The molecule has 1 saturated heterocycles. The number of fused-ring (bicyclic) bond motifs is 1. The number of phenolic OH excluding ortho intramolecular Hbond substituents is 2. The second kappa shape index (κ2) is 9.60. The molecule has 1 aromatic heterocycles. The fourth-order valence-electron chi connectivity index (χ4n) is 3.82. The van der Waals surface area contributed by atoms with Crippen molar-refractivity contribution in [3.63, 3.8) is 0 Å². The maximum atomic E-state index is 13.1. The van der Waals surface area contributed by atoms with E-state index in [1.807, 2.05) is 0 Å². The fraction of sp³-hybridized carbons (Fsp3) is 0.348. The van der Waals surface area contributed by atoms with Crippen LogP contribution in [0.4, 0.5) is 0 Å². The number of benzene rings is 2. The molecule has 0 radical (unpaired) electrons. The summed E-state index contributed by atoms with van der Waals surface area (Å²) in [5, 5.41) is 59.7. The van der Waals surface area contributed by atoms with Crippen molar-refractivity contribution in [2.75, 3.05) is 20.8 Å². The topological polar surface area (TPSA) is 189 Å². The summed E-state index contributed by atoms with van der Waals surface area (Å²) in [7, 11) is 2.61. The minimum atomic E-state index is -1.69. The van der Waals surface area contributed by atoms with Crippen molar-refractivity contribution in [3.8, 4) is 40.1 Å². The van der Waals surface area contributed by atoms with Crippen molar-refractivity contribution in [2.45, 2.75) is 30.7 Å². The van der Waals surface area contributed by atoms with Crippen molar-refractivity contribution in [2.24, 2.45) is 0 Å². The molecule has 2 aromatic carbocycles. The van der Waals surface area contributed by atoms with Gasteiger partial charge >= 0.3 is 0 Å². The highest BCUT2D eigenvalue weighted by molar-refractivity contribution is 5.88. The quantitative estimate of drug-likeness (QED) is 0.272. The van der Waals surface area contributed by atoms with Crippen molar-refractivity contribution < 1.29 is 54.0 Å². The molecule has 0 aliphatic carbocycles. The third-order valence-electron chi connectivity index (χ3n) is 5.65. The second-order valence-electron chi connectivity index (χ2n) is 7.81. The first-order valence-corrected chi connectivity index (χ1v) is 10.4. The van der Waals surface area contributed by atoms with Crippen LogP contribution in [0.3, 0.4) is 0 Å². The van der Waals surface area contributed by atoms with Crippen LogP contribution >= 0.6 is 0 Å². The Morgan fingerprint density at radius 2 is 1.69 bits per heavy atom. The van der Waals surface area contributed by atoms with Crippen LogP contribution < -0.4 is 19.6 Å². The molecule has 0 bridgehead atoms. The molecule has 0 unspecified atom stereocenters. The van der Waals surface area contributed by atoms with Crippen LogP contribution in [0.15, 0.2) is 39.5 Å². The van der Waals surface area contributed by atoms with Gasteiger partial charge in [0.2, 0.25) is 17.5 Å². The third-order valence-corrected chi connectivity index (χ3v) is 5.65. The molecule has 2 heterocycles. The summed E-state index contributed by atoms with van der Waals surface area (Å²) in [4.78, 5) is 13.1. The summed E-state index contributed by atoms with van der Waals surface area (Å²) >= 11 is 0. The van der Waals surface area contributed by atoms with Gasteiger partial charge in [0.25, 0.3) is 0 Å². The molecule has 35 heavy (non-hydrogen) atoms. The van der Waals surface area contributed by atoms with E-state index in [1.54, 1.807) is 0 Å². The van der Waals surface area contributed by atoms with Gasteiger partial charge in [-0.1, -0.05) is 0 Å². The van der Waals surface area contributed by atoms with Gasteiger partial charge in [-0.05, 0) is 18.2 Å². The lowest BCUT2D eigenvalue weighted by atomic mass is 9.99. The van der Waals surface area contributed by atoms with Gasteiger partial charge in [-0.25, -0.2) is 0 Å². The highest BCUT2D eigenvalue weighted by Gasteiger charge is 2.44. The fourth-order valence-corrected chi connectivity index (χ4v) is 3.82. The summed E-state index contributed by atoms with van der Waals surface area (Å²) in [5.41, 5.74) is -0.472. The number of phenols is 2. The Bertz CT molecular complexity index is 1280. The smallest absolute Gasteiger partial charge is 0.239 e. The maximum absolute atomic E-state index is 13.1. The first-order chi connectivity index (χ1) is 16.7. The van der Waals surface area contributed by atoms with Crippen LogP contribution in [0, 0.1) is 0 Å². The van der Waals surface area contributed by atoms with Gasteiger partial charge in [0.05, 0.1) is 20.8 Å². The monoisotopic (exact) mass is 492 g/mol. The summed E-state index contributed by atoms with van der Waals surface area (Å²) in [6.45, 7) is -0.651. The van der Waals surface area contributed by atoms with E-state index in [9.17, 15) is 35.4 Å². The van der Waals surface area contributed by atoms with Crippen molar-refractivity contribution in [1.82, 2.24) is 0 Å². The average molecular weight is 492 g/mol. The minimum absolute atomic E-state index is 0.0207. The first kappa shape index (κ1) is 24.6. The number of methoxy groups -OCH3 is 2. The molecular formula is C23H24O12. The standard InChI is InChI=1S/C23H24O12/c1-31-13-5-9(3-4-11(13)25)21-22(32-2)18(28)16-12(26)6-10(7-14(16)34-21)33-23-20(30)19(29)17(27)15(8-24)35-23/h3-7,15,17,19-20,23-27,29-30H,8H2,1-2H3/t15-,17-,19+,20-,23-/m1/s1. The number of hydrogen-bond acceptors (Lipinski definition) is 12. The highest BCUT2D eigenvalue weighted by atomic mass is 16.7. The molecule has 4 rings (SSSR count). The summed E-state index contributed by atoms with van der Waals surface area (Å²) in [5.74, 6) is -0.872. The van der Waals surface area contributed by atoms with Crippen LogP contribution in [0.1, 0.15) is 0 Å². The zero-order valence-corrected chi connectivity index (χ0v) is 18.6. The zero-order valence-electron chi connectivity index (χ0n) is 18.6. The van der Waals surface area contributed by atoms with E-state index in [-0.39, 0.29) is 39.7 Å². The minimum Gasteiger partial charge on any atom is -0.507 e. The molecule has 0 amide bonds. The predicted molar refractivity (Wildman–Crippen MR) is 119 cm³/mol. The Kier molecular flexibility index (Phi) is 6.74. The summed E-state index contributed by atoms with van der Waals surface area (Å²) < 4.78 is 27.1. The second-order valence-corrected chi connectivity index (χ2v) is 7.81. The molecule has 1 fully saturated rings. The highest BCUT2D eigenvalue weighted by Crippen LogP contribution is 2.39. The van der Waals surface area contributed by atoms with E-state index in [1.165, 1.54) is 38.5 Å². The molecular weight excluding hydrogens is 468 g/mol. The predicted octanol–water partition coefficient (Wildman–Crippen LogP) is 0.0671. The van der Waals surface area contributed by atoms with E-state index in [0.29, 0.717) is 5.56 Å². The van der Waals surface area contributed by atoms with Gasteiger partial charge in [0.1, 0.15) is 46.9 Å². The molecule has 1 aliphatic heterocycles.